The second-order valence-electron chi connectivity index (χ2n) is 8.24. The fourth-order valence-electron chi connectivity index (χ4n) is 4.19. The number of aromatic nitrogens is 2. The zero-order valence-electron chi connectivity index (χ0n) is 17.5. The maximum absolute atomic E-state index is 13.6. The first-order chi connectivity index (χ1) is 14.2. The standard InChI is InChI=1S/C21H27N5O3S/c1-15-11-17-12-22-20(30(3,28)29)23-18(17)13-26(15)21(27)25-10-9-24(2)14-19(25)16-7-5-4-6-8-16/h4-8,12,15,19H,9-11,13-14H2,1-3H3/t15-,19-/m1/s1. The first kappa shape index (κ1) is 20.7. The maximum Gasteiger partial charge on any atom is 0.321 e. The number of sulfone groups is 1. The molecule has 0 radical (unpaired) electrons. The molecule has 1 saturated heterocycles. The number of likely N-dealkylation sites (N-methyl/N-ethyl adjacent to an activating group) is 1. The van der Waals surface area contributed by atoms with Crippen LogP contribution in [0.15, 0.2) is 41.7 Å². The molecule has 2 aliphatic rings. The van der Waals surface area contributed by atoms with E-state index < -0.39 is 9.84 Å². The molecule has 0 saturated carbocycles. The second-order valence-corrected chi connectivity index (χ2v) is 10.2. The summed E-state index contributed by atoms with van der Waals surface area (Å²) in [5, 5.41) is -0.190. The third-order valence-corrected chi connectivity index (χ3v) is 6.75. The van der Waals surface area contributed by atoms with Crippen LogP contribution in [-0.4, -0.2) is 78.1 Å². The average molecular weight is 430 g/mol. The number of carbonyl (C=O) groups excluding carboxylic acids is 1. The molecule has 1 fully saturated rings. The van der Waals surface area contributed by atoms with Crippen molar-refractivity contribution in [2.45, 2.75) is 37.1 Å². The molecule has 160 valence electrons. The highest BCUT2D eigenvalue weighted by atomic mass is 32.2. The lowest BCUT2D eigenvalue weighted by Gasteiger charge is -2.44. The Morgan fingerprint density at radius 2 is 1.87 bits per heavy atom. The molecule has 30 heavy (non-hydrogen) atoms. The summed E-state index contributed by atoms with van der Waals surface area (Å²) in [5.74, 6) is 0. The molecule has 0 spiro atoms. The molecule has 0 unspecified atom stereocenters. The van der Waals surface area contributed by atoms with E-state index in [9.17, 15) is 13.2 Å². The van der Waals surface area contributed by atoms with Gasteiger partial charge in [0.1, 0.15) is 0 Å². The number of benzene rings is 1. The molecule has 8 nitrogen and oxygen atoms in total. The molecule has 1 aromatic carbocycles. The highest BCUT2D eigenvalue weighted by Gasteiger charge is 2.37. The molecule has 2 aromatic rings. The molecule has 0 bridgehead atoms. The van der Waals surface area contributed by atoms with E-state index in [1.54, 1.807) is 6.20 Å². The van der Waals surface area contributed by atoms with Crippen molar-refractivity contribution in [1.29, 1.82) is 0 Å². The van der Waals surface area contributed by atoms with Crippen LogP contribution in [0.5, 0.6) is 0 Å². The minimum atomic E-state index is -3.50. The van der Waals surface area contributed by atoms with Crippen molar-refractivity contribution in [3.8, 4) is 0 Å². The summed E-state index contributed by atoms with van der Waals surface area (Å²) in [6.45, 7) is 4.53. The molecule has 2 amide bonds. The normalized spacial score (nSPS) is 22.6. The Hall–Kier alpha value is -2.52. The topological polar surface area (TPSA) is 86.7 Å². The zero-order chi connectivity index (χ0) is 21.5. The van der Waals surface area contributed by atoms with E-state index >= 15 is 0 Å². The lowest BCUT2D eigenvalue weighted by molar-refractivity contribution is 0.0716. The summed E-state index contributed by atoms with van der Waals surface area (Å²) >= 11 is 0. The summed E-state index contributed by atoms with van der Waals surface area (Å²) in [6, 6.07) is 10.0. The number of amides is 2. The lowest BCUT2D eigenvalue weighted by atomic mass is 9.99. The van der Waals surface area contributed by atoms with Crippen molar-refractivity contribution in [3.63, 3.8) is 0 Å². The Kier molecular flexibility index (Phi) is 5.50. The Morgan fingerprint density at radius 1 is 1.13 bits per heavy atom. The van der Waals surface area contributed by atoms with Crippen LogP contribution in [0.3, 0.4) is 0 Å². The fraction of sp³-hybridized carbons (Fsp3) is 0.476. The summed E-state index contributed by atoms with van der Waals surface area (Å²) in [5.41, 5.74) is 2.63. The van der Waals surface area contributed by atoms with Gasteiger partial charge in [0.25, 0.3) is 0 Å². The molecular formula is C21H27N5O3S. The van der Waals surface area contributed by atoms with Crippen molar-refractivity contribution < 1.29 is 13.2 Å². The van der Waals surface area contributed by atoms with Crippen molar-refractivity contribution in [2.24, 2.45) is 0 Å². The summed E-state index contributed by atoms with van der Waals surface area (Å²) in [6.07, 6.45) is 3.28. The summed E-state index contributed by atoms with van der Waals surface area (Å²) in [4.78, 5) is 27.9. The zero-order valence-corrected chi connectivity index (χ0v) is 18.3. The van der Waals surface area contributed by atoms with Gasteiger partial charge in [0, 0.05) is 38.1 Å². The van der Waals surface area contributed by atoms with Crippen LogP contribution in [0, 0.1) is 0 Å². The molecule has 1 aromatic heterocycles. The van der Waals surface area contributed by atoms with Crippen molar-refractivity contribution in [2.75, 3.05) is 32.9 Å². The molecule has 2 aliphatic heterocycles. The predicted octanol–water partition coefficient (Wildman–Crippen LogP) is 1.74. The largest absolute Gasteiger partial charge is 0.321 e. The minimum Gasteiger partial charge on any atom is -0.316 e. The first-order valence-electron chi connectivity index (χ1n) is 10.1. The maximum atomic E-state index is 13.6. The van der Waals surface area contributed by atoms with Gasteiger partial charge in [-0.1, -0.05) is 30.3 Å². The molecule has 4 rings (SSSR count). The van der Waals surface area contributed by atoms with E-state index in [2.05, 4.69) is 34.0 Å². The van der Waals surface area contributed by atoms with Crippen LogP contribution in [-0.2, 0) is 22.8 Å². The van der Waals surface area contributed by atoms with Gasteiger partial charge in [-0.05, 0) is 31.5 Å². The second kappa shape index (κ2) is 7.96. The SMILES string of the molecule is C[C@@H]1Cc2cnc(S(C)(=O)=O)nc2CN1C(=O)N1CCN(C)C[C@@H]1c1ccccc1. The van der Waals surface area contributed by atoms with Crippen molar-refractivity contribution in [3.05, 3.63) is 53.3 Å². The highest BCUT2D eigenvalue weighted by molar-refractivity contribution is 7.90. The number of piperazine rings is 1. The molecule has 3 heterocycles. The molecule has 0 aliphatic carbocycles. The quantitative estimate of drug-likeness (QED) is 0.676. The summed E-state index contributed by atoms with van der Waals surface area (Å²) in [7, 11) is -1.43. The van der Waals surface area contributed by atoms with Gasteiger partial charge in [0.15, 0.2) is 0 Å². The third kappa shape index (κ3) is 4.04. The van der Waals surface area contributed by atoms with Crippen LogP contribution in [0.1, 0.15) is 29.8 Å². The number of hydrogen-bond acceptors (Lipinski definition) is 6. The Morgan fingerprint density at radius 3 is 2.57 bits per heavy atom. The van der Waals surface area contributed by atoms with Gasteiger partial charge in [-0.2, -0.15) is 0 Å². The fourth-order valence-corrected chi connectivity index (χ4v) is 4.71. The highest BCUT2D eigenvalue weighted by Crippen LogP contribution is 2.29. The first-order valence-corrected chi connectivity index (χ1v) is 12.0. The molecule has 0 N–H and O–H groups in total. The lowest BCUT2D eigenvalue weighted by Crippen LogP contribution is -2.56. The Bertz CT molecular complexity index is 1040. The van der Waals surface area contributed by atoms with Crippen LogP contribution < -0.4 is 0 Å². The number of rotatable bonds is 2. The third-order valence-electron chi connectivity index (χ3n) is 5.89. The van der Waals surface area contributed by atoms with Crippen LogP contribution in [0.2, 0.25) is 0 Å². The van der Waals surface area contributed by atoms with Gasteiger partial charge in [0.2, 0.25) is 15.0 Å². The smallest absolute Gasteiger partial charge is 0.316 e. The van der Waals surface area contributed by atoms with E-state index in [4.69, 9.17) is 0 Å². The molecular weight excluding hydrogens is 402 g/mol. The number of carbonyl (C=O) groups is 1. The number of fused-ring (bicyclic) bond motifs is 1. The summed E-state index contributed by atoms with van der Waals surface area (Å²) < 4.78 is 23.7. The monoisotopic (exact) mass is 429 g/mol. The average Bonchev–Trinajstić information content (AvgIpc) is 2.72. The van der Waals surface area contributed by atoms with Crippen molar-refractivity contribution >= 4 is 15.9 Å². The number of urea groups is 1. The van der Waals surface area contributed by atoms with E-state index in [1.165, 1.54) is 0 Å². The van der Waals surface area contributed by atoms with E-state index in [0.29, 0.717) is 18.7 Å². The van der Waals surface area contributed by atoms with E-state index in [-0.39, 0.29) is 29.8 Å². The number of hydrogen-bond donors (Lipinski definition) is 0. The van der Waals surface area contributed by atoms with E-state index in [0.717, 1.165) is 30.5 Å². The predicted molar refractivity (Wildman–Crippen MR) is 113 cm³/mol. The molecule has 2 atom stereocenters. The van der Waals surface area contributed by atoms with Crippen LogP contribution in [0.4, 0.5) is 4.79 Å². The van der Waals surface area contributed by atoms with E-state index in [1.807, 2.05) is 34.9 Å². The van der Waals surface area contributed by atoms with Crippen LogP contribution >= 0.6 is 0 Å². The Labute approximate surface area is 177 Å². The van der Waals surface area contributed by atoms with Gasteiger partial charge in [-0.25, -0.2) is 23.2 Å². The van der Waals surface area contributed by atoms with Crippen LogP contribution in [0.25, 0.3) is 0 Å². The van der Waals surface area contributed by atoms with Gasteiger partial charge in [-0.3, -0.25) is 0 Å². The number of nitrogens with zero attached hydrogens (tertiary/aromatic N) is 5. The van der Waals surface area contributed by atoms with Gasteiger partial charge >= 0.3 is 6.03 Å². The van der Waals surface area contributed by atoms with Gasteiger partial charge < -0.3 is 14.7 Å². The Balaban J connectivity index is 1.62. The molecule has 9 heteroatoms. The van der Waals surface area contributed by atoms with Gasteiger partial charge in [0.05, 0.1) is 18.3 Å². The van der Waals surface area contributed by atoms with Gasteiger partial charge in [-0.15, -0.1) is 0 Å². The van der Waals surface area contributed by atoms with Crippen molar-refractivity contribution in [1.82, 2.24) is 24.7 Å². The minimum absolute atomic E-state index is 0.0197.